The normalized spacial score (nSPS) is 11.3. The average Bonchev–Trinajstić information content (AvgIpc) is 2.95. The van der Waals surface area contributed by atoms with Gasteiger partial charge < -0.3 is 4.98 Å². The van der Waals surface area contributed by atoms with Crippen LogP contribution in [0.4, 0.5) is 0 Å². The van der Waals surface area contributed by atoms with Gasteiger partial charge in [-0.1, -0.05) is 17.7 Å². The number of aromatic amines is 1. The number of benzene rings is 1. The van der Waals surface area contributed by atoms with Gasteiger partial charge in [0.15, 0.2) is 5.65 Å². The van der Waals surface area contributed by atoms with Crippen molar-refractivity contribution in [1.82, 2.24) is 24.6 Å². The van der Waals surface area contributed by atoms with Crippen LogP contribution in [0.25, 0.3) is 28.1 Å². The van der Waals surface area contributed by atoms with E-state index < -0.39 is 0 Å². The highest BCUT2D eigenvalue weighted by molar-refractivity contribution is 6.31. The fraction of sp³-hybridized carbons (Fsp3) is 0. The van der Waals surface area contributed by atoms with Gasteiger partial charge >= 0.3 is 5.69 Å². The van der Waals surface area contributed by atoms with Gasteiger partial charge in [-0.2, -0.15) is 4.52 Å². The van der Waals surface area contributed by atoms with E-state index in [-0.39, 0.29) is 5.69 Å². The van der Waals surface area contributed by atoms with Crippen LogP contribution in [-0.4, -0.2) is 24.6 Å². The third-order valence-electron chi connectivity index (χ3n) is 3.16. The second-order valence-corrected chi connectivity index (χ2v) is 4.94. The molecule has 0 radical (unpaired) electrons. The molecule has 7 heteroatoms. The number of hydrogen-bond donors (Lipinski definition) is 1. The molecule has 0 amide bonds. The molecule has 0 spiro atoms. The zero-order chi connectivity index (χ0) is 14.4. The van der Waals surface area contributed by atoms with Gasteiger partial charge in [0, 0.05) is 16.6 Å². The van der Waals surface area contributed by atoms with Gasteiger partial charge in [-0.3, -0.25) is 4.98 Å². The SMILES string of the molecule is O=c1[nH]c2ccc(Cl)cc2c2nc(-c3ccccn3)nn12. The minimum absolute atomic E-state index is 0.352. The maximum Gasteiger partial charge on any atom is 0.348 e. The number of nitrogens with zero attached hydrogens (tertiary/aromatic N) is 4. The molecule has 0 fully saturated rings. The number of rotatable bonds is 1. The Morgan fingerprint density at radius 2 is 2.10 bits per heavy atom. The van der Waals surface area contributed by atoms with E-state index in [4.69, 9.17) is 11.6 Å². The van der Waals surface area contributed by atoms with Crippen LogP contribution in [0.15, 0.2) is 47.4 Å². The molecule has 0 unspecified atom stereocenters. The summed E-state index contributed by atoms with van der Waals surface area (Å²) in [6, 6.07) is 10.6. The number of fused-ring (bicyclic) bond motifs is 3. The summed E-state index contributed by atoms with van der Waals surface area (Å²) < 4.78 is 1.22. The standard InChI is InChI=1S/C14H8ClN5O/c15-8-4-5-10-9(7-8)13-18-12(11-3-1-2-6-16-11)19-20(13)14(21)17-10/h1-7H,(H,17,21). The lowest BCUT2D eigenvalue weighted by atomic mass is 10.2. The van der Waals surface area contributed by atoms with E-state index in [1.54, 1.807) is 36.5 Å². The van der Waals surface area contributed by atoms with E-state index >= 15 is 0 Å². The average molecular weight is 298 g/mol. The Kier molecular flexibility index (Phi) is 2.52. The number of pyridine rings is 1. The molecule has 102 valence electrons. The summed E-state index contributed by atoms with van der Waals surface area (Å²) in [4.78, 5) is 23.4. The molecule has 1 N–H and O–H groups in total. The quantitative estimate of drug-likeness (QED) is 0.585. The van der Waals surface area contributed by atoms with Crippen molar-refractivity contribution < 1.29 is 0 Å². The van der Waals surface area contributed by atoms with E-state index in [0.29, 0.717) is 27.7 Å². The number of hydrogen-bond acceptors (Lipinski definition) is 4. The monoisotopic (exact) mass is 297 g/mol. The molecule has 0 bridgehead atoms. The van der Waals surface area contributed by atoms with Gasteiger partial charge in [0.05, 0.1) is 5.52 Å². The highest BCUT2D eigenvalue weighted by Gasteiger charge is 2.12. The number of halogens is 1. The fourth-order valence-corrected chi connectivity index (χ4v) is 2.38. The van der Waals surface area contributed by atoms with Crippen LogP contribution >= 0.6 is 11.6 Å². The van der Waals surface area contributed by atoms with E-state index in [1.807, 2.05) is 6.07 Å². The van der Waals surface area contributed by atoms with E-state index in [2.05, 4.69) is 20.1 Å². The summed E-state index contributed by atoms with van der Waals surface area (Å²) >= 11 is 6.02. The van der Waals surface area contributed by atoms with Crippen LogP contribution in [0.3, 0.4) is 0 Å². The first-order valence-electron chi connectivity index (χ1n) is 6.22. The highest BCUT2D eigenvalue weighted by atomic mass is 35.5. The summed E-state index contributed by atoms with van der Waals surface area (Å²) in [5.74, 6) is 0.397. The Labute approximate surface area is 123 Å². The Hall–Kier alpha value is -2.73. The smallest absolute Gasteiger partial charge is 0.305 e. The van der Waals surface area contributed by atoms with Crippen molar-refractivity contribution in [2.75, 3.05) is 0 Å². The maximum atomic E-state index is 12.1. The molecule has 0 saturated heterocycles. The highest BCUT2D eigenvalue weighted by Crippen LogP contribution is 2.21. The summed E-state index contributed by atoms with van der Waals surface area (Å²) in [7, 11) is 0. The van der Waals surface area contributed by atoms with E-state index in [0.717, 1.165) is 5.39 Å². The predicted molar refractivity (Wildman–Crippen MR) is 79.4 cm³/mol. The summed E-state index contributed by atoms with van der Waals surface area (Å²) in [5.41, 5.74) is 1.37. The van der Waals surface area contributed by atoms with E-state index in [9.17, 15) is 4.79 Å². The lowest BCUT2D eigenvalue weighted by Gasteiger charge is -1.99. The maximum absolute atomic E-state index is 12.1. The molecular weight excluding hydrogens is 290 g/mol. The Morgan fingerprint density at radius 3 is 2.90 bits per heavy atom. The number of H-pyrrole nitrogens is 1. The minimum Gasteiger partial charge on any atom is -0.305 e. The minimum atomic E-state index is -0.352. The molecule has 0 aliphatic carbocycles. The molecule has 3 aromatic heterocycles. The third-order valence-corrected chi connectivity index (χ3v) is 3.39. The van der Waals surface area contributed by atoms with Crippen LogP contribution < -0.4 is 5.69 Å². The summed E-state index contributed by atoms with van der Waals surface area (Å²) in [5, 5.41) is 5.52. The number of nitrogens with one attached hydrogen (secondary N) is 1. The molecule has 0 atom stereocenters. The second-order valence-electron chi connectivity index (χ2n) is 4.51. The first-order chi connectivity index (χ1) is 10.2. The van der Waals surface area contributed by atoms with Gasteiger partial charge in [-0.25, -0.2) is 9.78 Å². The molecule has 3 heterocycles. The molecule has 0 saturated carbocycles. The van der Waals surface area contributed by atoms with Gasteiger partial charge in [-0.05, 0) is 30.3 Å². The topological polar surface area (TPSA) is 75.9 Å². The lowest BCUT2D eigenvalue weighted by Crippen LogP contribution is -2.17. The predicted octanol–water partition coefficient (Wildman–Crippen LogP) is 2.29. The molecule has 0 aliphatic rings. The van der Waals surface area contributed by atoms with Crippen LogP contribution in [0, 0.1) is 0 Å². The first-order valence-corrected chi connectivity index (χ1v) is 6.60. The van der Waals surface area contributed by atoms with Crippen molar-refractivity contribution in [2.24, 2.45) is 0 Å². The van der Waals surface area contributed by atoms with Crippen LogP contribution in [0.5, 0.6) is 0 Å². The zero-order valence-corrected chi connectivity index (χ0v) is 11.4. The largest absolute Gasteiger partial charge is 0.348 e. The molecule has 6 nitrogen and oxygen atoms in total. The van der Waals surface area contributed by atoms with Crippen LogP contribution in [0.1, 0.15) is 0 Å². The Bertz CT molecular complexity index is 1020. The van der Waals surface area contributed by atoms with Crippen molar-refractivity contribution in [3.05, 3.63) is 58.1 Å². The van der Waals surface area contributed by atoms with Gasteiger partial charge in [0.2, 0.25) is 5.82 Å². The summed E-state index contributed by atoms with van der Waals surface area (Å²) in [6.07, 6.45) is 1.65. The molecule has 4 aromatic rings. The van der Waals surface area contributed by atoms with Crippen molar-refractivity contribution >= 4 is 28.2 Å². The van der Waals surface area contributed by atoms with Crippen LogP contribution in [0.2, 0.25) is 5.02 Å². The fourth-order valence-electron chi connectivity index (χ4n) is 2.21. The second kappa shape index (κ2) is 4.39. The molecular formula is C14H8ClN5O. The first kappa shape index (κ1) is 12.0. The van der Waals surface area contributed by atoms with Gasteiger partial charge in [0.25, 0.3) is 0 Å². The summed E-state index contributed by atoms with van der Waals surface area (Å²) in [6.45, 7) is 0. The molecule has 1 aromatic carbocycles. The lowest BCUT2D eigenvalue weighted by molar-refractivity contribution is 0.883. The molecule has 0 aliphatic heterocycles. The van der Waals surface area contributed by atoms with Crippen molar-refractivity contribution in [3.8, 4) is 11.5 Å². The third kappa shape index (κ3) is 1.88. The molecule has 21 heavy (non-hydrogen) atoms. The van der Waals surface area contributed by atoms with Crippen molar-refractivity contribution in [3.63, 3.8) is 0 Å². The zero-order valence-electron chi connectivity index (χ0n) is 10.6. The van der Waals surface area contributed by atoms with Crippen molar-refractivity contribution in [2.45, 2.75) is 0 Å². The van der Waals surface area contributed by atoms with Gasteiger partial charge in [-0.15, -0.1) is 5.10 Å². The Balaban J connectivity index is 2.11. The molecule has 4 rings (SSSR count). The number of aromatic nitrogens is 5. The Morgan fingerprint density at radius 1 is 1.19 bits per heavy atom. The van der Waals surface area contributed by atoms with Crippen molar-refractivity contribution in [1.29, 1.82) is 0 Å². The van der Waals surface area contributed by atoms with Gasteiger partial charge in [0.1, 0.15) is 5.69 Å². The van der Waals surface area contributed by atoms with Crippen LogP contribution in [-0.2, 0) is 0 Å². The van der Waals surface area contributed by atoms with E-state index in [1.165, 1.54) is 4.52 Å².